The van der Waals surface area contributed by atoms with Gasteiger partial charge < -0.3 is 4.74 Å². The number of rotatable bonds is 3. The third-order valence-electron chi connectivity index (χ3n) is 2.50. The highest BCUT2D eigenvalue weighted by molar-refractivity contribution is 6.29. The third kappa shape index (κ3) is 2.99. The van der Waals surface area contributed by atoms with Gasteiger partial charge in [-0.2, -0.15) is 5.26 Å². The SMILES string of the molecule is Cc1ccc(C#N)cc1OCc1ccnc(Cl)c1. The van der Waals surface area contributed by atoms with Crippen molar-refractivity contribution in [3.05, 3.63) is 58.4 Å². The Morgan fingerprint density at radius 3 is 2.89 bits per heavy atom. The van der Waals surface area contributed by atoms with Crippen molar-refractivity contribution in [1.29, 1.82) is 5.26 Å². The maximum absolute atomic E-state index is 8.84. The van der Waals surface area contributed by atoms with Gasteiger partial charge in [-0.1, -0.05) is 17.7 Å². The van der Waals surface area contributed by atoms with E-state index in [1.54, 1.807) is 24.4 Å². The topological polar surface area (TPSA) is 45.9 Å². The molecule has 0 aliphatic rings. The van der Waals surface area contributed by atoms with Gasteiger partial charge in [0.25, 0.3) is 0 Å². The van der Waals surface area contributed by atoms with Gasteiger partial charge in [0.15, 0.2) is 0 Å². The molecular weight excluding hydrogens is 248 g/mol. The molecule has 2 aromatic rings. The first-order valence-electron chi connectivity index (χ1n) is 5.43. The minimum atomic E-state index is 0.401. The van der Waals surface area contributed by atoms with Crippen molar-refractivity contribution in [1.82, 2.24) is 4.98 Å². The number of hydrogen-bond donors (Lipinski definition) is 0. The van der Waals surface area contributed by atoms with Crippen LogP contribution >= 0.6 is 11.6 Å². The van der Waals surface area contributed by atoms with E-state index < -0.39 is 0 Å². The molecule has 18 heavy (non-hydrogen) atoms. The van der Waals surface area contributed by atoms with E-state index >= 15 is 0 Å². The summed E-state index contributed by atoms with van der Waals surface area (Å²) in [5.41, 5.74) is 2.52. The molecule has 1 heterocycles. The first-order valence-corrected chi connectivity index (χ1v) is 5.81. The summed E-state index contributed by atoms with van der Waals surface area (Å²) in [5, 5.41) is 9.29. The number of nitriles is 1. The van der Waals surface area contributed by atoms with Gasteiger partial charge in [0.2, 0.25) is 0 Å². The lowest BCUT2D eigenvalue weighted by molar-refractivity contribution is 0.304. The average Bonchev–Trinajstić information content (AvgIpc) is 2.38. The smallest absolute Gasteiger partial charge is 0.129 e. The lowest BCUT2D eigenvalue weighted by Gasteiger charge is -2.09. The van der Waals surface area contributed by atoms with Gasteiger partial charge in [-0.15, -0.1) is 0 Å². The molecule has 0 amide bonds. The lowest BCUT2D eigenvalue weighted by Crippen LogP contribution is -1.97. The summed E-state index contributed by atoms with van der Waals surface area (Å²) in [7, 11) is 0. The number of halogens is 1. The van der Waals surface area contributed by atoms with E-state index in [9.17, 15) is 0 Å². The summed E-state index contributed by atoms with van der Waals surface area (Å²) in [4.78, 5) is 3.91. The van der Waals surface area contributed by atoms with E-state index in [2.05, 4.69) is 11.1 Å². The summed E-state index contributed by atoms with van der Waals surface area (Å²) >= 11 is 5.80. The average molecular weight is 259 g/mol. The fraction of sp³-hybridized carbons (Fsp3) is 0.143. The van der Waals surface area contributed by atoms with Crippen LogP contribution in [0, 0.1) is 18.3 Å². The molecule has 0 aliphatic carbocycles. The van der Waals surface area contributed by atoms with E-state index in [-0.39, 0.29) is 0 Å². The predicted octanol–water partition coefficient (Wildman–Crippen LogP) is 3.49. The molecule has 4 heteroatoms. The van der Waals surface area contributed by atoms with Crippen LogP contribution in [-0.2, 0) is 6.61 Å². The molecule has 3 nitrogen and oxygen atoms in total. The molecule has 0 spiro atoms. The van der Waals surface area contributed by atoms with Crippen LogP contribution in [0.15, 0.2) is 36.5 Å². The maximum atomic E-state index is 8.84. The molecular formula is C14H11ClN2O. The van der Waals surface area contributed by atoms with Crippen molar-refractivity contribution in [2.24, 2.45) is 0 Å². The van der Waals surface area contributed by atoms with E-state index in [4.69, 9.17) is 21.6 Å². The quantitative estimate of drug-likeness (QED) is 0.792. The van der Waals surface area contributed by atoms with Crippen LogP contribution in [0.4, 0.5) is 0 Å². The van der Waals surface area contributed by atoms with Crippen molar-refractivity contribution in [2.45, 2.75) is 13.5 Å². The van der Waals surface area contributed by atoms with E-state index in [0.29, 0.717) is 23.1 Å². The lowest BCUT2D eigenvalue weighted by atomic mass is 10.1. The van der Waals surface area contributed by atoms with Crippen molar-refractivity contribution < 1.29 is 4.74 Å². The monoisotopic (exact) mass is 258 g/mol. The van der Waals surface area contributed by atoms with Crippen molar-refractivity contribution >= 4 is 11.6 Å². The Morgan fingerprint density at radius 2 is 2.17 bits per heavy atom. The summed E-state index contributed by atoms with van der Waals surface area (Å²) in [6, 6.07) is 11.1. The second-order valence-corrected chi connectivity index (χ2v) is 4.25. The highest BCUT2D eigenvalue weighted by atomic mass is 35.5. The van der Waals surface area contributed by atoms with E-state index in [1.807, 2.05) is 19.1 Å². The van der Waals surface area contributed by atoms with Crippen molar-refractivity contribution in [3.8, 4) is 11.8 Å². The molecule has 1 aromatic carbocycles. The number of nitrogens with zero attached hydrogens (tertiary/aromatic N) is 2. The minimum absolute atomic E-state index is 0.401. The molecule has 0 saturated carbocycles. The zero-order chi connectivity index (χ0) is 13.0. The van der Waals surface area contributed by atoms with Crippen LogP contribution < -0.4 is 4.74 Å². The number of benzene rings is 1. The summed E-state index contributed by atoms with van der Waals surface area (Å²) in [5.74, 6) is 0.710. The molecule has 2 rings (SSSR count). The Balaban J connectivity index is 2.13. The van der Waals surface area contributed by atoms with Crippen LogP contribution in [-0.4, -0.2) is 4.98 Å². The number of aromatic nitrogens is 1. The van der Waals surface area contributed by atoms with Gasteiger partial charge in [-0.3, -0.25) is 0 Å². The summed E-state index contributed by atoms with van der Waals surface area (Å²) < 4.78 is 5.68. The van der Waals surface area contributed by atoms with E-state index in [1.165, 1.54) is 0 Å². The standard InChI is InChI=1S/C14H11ClN2O/c1-10-2-3-11(8-16)6-13(10)18-9-12-4-5-17-14(15)7-12/h2-7H,9H2,1H3. The number of ether oxygens (including phenoxy) is 1. The van der Waals surface area contributed by atoms with Crippen LogP contribution in [0.1, 0.15) is 16.7 Å². The van der Waals surface area contributed by atoms with Crippen LogP contribution in [0.3, 0.4) is 0 Å². The van der Waals surface area contributed by atoms with E-state index in [0.717, 1.165) is 11.1 Å². The van der Waals surface area contributed by atoms with Gasteiger partial charge in [-0.25, -0.2) is 4.98 Å². The maximum Gasteiger partial charge on any atom is 0.129 e. The van der Waals surface area contributed by atoms with Crippen molar-refractivity contribution in [2.75, 3.05) is 0 Å². The summed E-state index contributed by atoms with van der Waals surface area (Å²) in [6.07, 6.45) is 1.64. The molecule has 0 bridgehead atoms. The van der Waals surface area contributed by atoms with Crippen molar-refractivity contribution in [3.63, 3.8) is 0 Å². The third-order valence-corrected chi connectivity index (χ3v) is 2.71. The molecule has 0 aliphatic heterocycles. The molecule has 0 atom stereocenters. The first-order chi connectivity index (χ1) is 8.69. The van der Waals surface area contributed by atoms with Crippen LogP contribution in [0.2, 0.25) is 5.15 Å². The Bertz CT molecular complexity index is 605. The molecule has 0 fully saturated rings. The van der Waals surface area contributed by atoms with Gasteiger partial charge in [-0.05, 0) is 42.3 Å². The molecule has 0 N–H and O–H groups in total. The highest BCUT2D eigenvalue weighted by Gasteiger charge is 2.02. The normalized spacial score (nSPS) is 9.83. The molecule has 0 unspecified atom stereocenters. The fourth-order valence-corrected chi connectivity index (χ4v) is 1.72. The van der Waals surface area contributed by atoms with Gasteiger partial charge in [0.05, 0.1) is 11.6 Å². The minimum Gasteiger partial charge on any atom is -0.489 e. The zero-order valence-electron chi connectivity index (χ0n) is 9.85. The highest BCUT2D eigenvalue weighted by Crippen LogP contribution is 2.20. The van der Waals surface area contributed by atoms with Gasteiger partial charge >= 0.3 is 0 Å². The summed E-state index contributed by atoms with van der Waals surface area (Å²) in [6.45, 7) is 2.34. The Kier molecular flexibility index (Phi) is 3.81. The number of pyridine rings is 1. The Labute approximate surface area is 111 Å². The van der Waals surface area contributed by atoms with Gasteiger partial charge in [0.1, 0.15) is 17.5 Å². The first kappa shape index (κ1) is 12.4. The molecule has 0 saturated heterocycles. The Morgan fingerprint density at radius 1 is 1.33 bits per heavy atom. The van der Waals surface area contributed by atoms with Crippen LogP contribution in [0.5, 0.6) is 5.75 Å². The molecule has 1 aromatic heterocycles. The fourth-order valence-electron chi connectivity index (χ4n) is 1.52. The largest absolute Gasteiger partial charge is 0.489 e. The molecule has 0 radical (unpaired) electrons. The molecule has 90 valence electrons. The van der Waals surface area contributed by atoms with Crippen LogP contribution in [0.25, 0.3) is 0 Å². The number of hydrogen-bond acceptors (Lipinski definition) is 3. The van der Waals surface area contributed by atoms with Gasteiger partial charge in [0, 0.05) is 6.20 Å². The Hall–Kier alpha value is -2.05. The number of aryl methyl sites for hydroxylation is 1. The second-order valence-electron chi connectivity index (χ2n) is 3.87. The zero-order valence-corrected chi connectivity index (χ0v) is 10.6. The predicted molar refractivity (Wildman–Crippen MR) is 69.5 cm³/mol. The second kappa shape index (κ2) is 5.52.